The van der Waals surface area contributed by atoms with Gasteiger partial charge in [0.15, 0.2) is 5.84 Å². The standard InChI is InChI=1S/C9H13FN4O/c1-14(6-9(11)13-15)5-7-2-8(10)4-12-3-7/h2-4,15H,5-6H2,1H3,(H2,11,13). The largest absolute Gasteiger partial charge is 0.409 e. The lowest BCUT2D eigenvalue weighted by atomic mass is 10.2. The van der Waals surface area contributed by atoms with Crippen LogP contribution < -0.4 is 5.73 Å². The Morgan fingerprint density at radius 2 is 2.40 bits per heavy atom. The van der Waals surface area contributed by atoms with Crippen molar-refractivity contribution in [2.75, 3.05) is 13.6 Å². The van der Waals surface area contributed by atoms with Gasteiger partial charge in [0.2, 0.25) is 0 Å². The highest BCUT2D eigenvalue weighted by Crippen LogP contribution is 2.03. The van der Waals surface area contributed by atoms with Gasteiger partial charge in [0, 0.05) is 12.7 Å². The van der Waals surface area contributed by atoms with Crippen LogP contribution in [-0.4, -0.2) is 34.5 Å². The van der Waals surface area contributed by atoms with Gasteiger partial charge >= 0.3 is 0 Å². The second-order valence-electron chi connectivity index (χ2n) is 3.28. The summed E-state index contributed by atoms with van der Waals surface area (Å²) in [5.74, 6) is -0.258. The Bertz CT molecular complexity index is 356. The number of oxime groups is 1. The van der Waals surface area contributed by atoms with Crippen LogP contribution in [0, 0.1) is 5.82 Å². The third-order valence-electron chi connectivity index (χ3n) is 1.77. The zero-order chi connectivity index (χ0) is 11.3. The molecule has 6 heteroatoms. The molecule has 3 N–H and O–H groups in total. The number of nitrogens with two attached hydrogens (primary N) is 1. The molecule has 0 aromatic carbocycles. The molecule has 0 saturated heterocycles. The predicted molar refractivity (Wildman–Crippen MR) is 53.9 cm³/mol. The van der Waals surface area contributed by atoms with E-state index in [0.717, 1.165) is 11.8 Å². The number of hydrogen-bond acceptors (Lipinski definition) is 4. The van der Waals surface area contributed by atoms with Gasteiger partial charge in [-0.1, -0.05) is 5.16 Å². The van der Waals surface area contributed by atoms with Crippen molar-refractivity contribution in [1.29, 1.82) is 0 Å². The fourth-order valence-electron chi connectivity index (χ4n) is 1.22. The van der Waals surface area contributed by atoms with E-state index in [1.54, 1.807) is 18.1 Å². The molecule has 1 aromatic rings. The van der Waals surface area contributed by atoms with Crippen molar-refractivity contribution >= 4 is 5.84 Å². The Balaban J connectivity index is 2.55. The fraction of sp³-hybridized carbons (Fsp3) is 0.333. The first-order chi connectivity index (χ1) is 7.11. The Labute approximate surface area is 87.0 Å². The summed E-state index contributed by atoms with van der Waals surface area (Å²) in [7, 11) is 1.78. The van der Waals surface area contributed by atoms with Crippen LogP contribution in [0.1, 0.15) is 5.56 Å². The van der Waals surface area contributed by atoms with Crippen LogP contribution in [0.4, 0.5) is 4.39 Å². The molecule has 0 bridgehead atoms. The van der Waals surface area contributed by atoms with E-state index < -0.39 is 0 Å². The van der Waals surface area contributed by atoms with Gasteiger partial charge in [0.1, 0.15) is 5.82 Å². The number of nitrogens with zero attached hydrogens (tertiary/aromatic N) is 3. The number of halogens is 1. The summed E-state index contributed by atoms with van der Waals surface area (Å²) in [6.45, 7) is 0.800. The van der Waals surface area contributed by atoms with Gasteiger partial charge in [-0.2, -0.15) is 0 Å². The molecular formula is C9H13FN4O. The van der Waals surface area contributed by atoms with E-state index in [0.29, 0.717) is 13.1 Å². The Morgan fingerprint density at radius 3 is 3.00 bits per heavy atom. The average Bonchev–Trinajstić information content (AvgIpc) is 2.17. The van der Waals surface area contributed by atoms with Crippen molar-refractivity contribution in [3.8, 4) is 0 Å². The van der Waals surface area contributed by atoms with Gasteiger partial charge in [0.25, 0.3) is 0 Å². The molecule has 0 aliphatic heterocycles. The van der Waals surface area contributed by atoms with E-state index in [2.05, 4.69) is 10.1 Å². The highest BCUT2D eigenvalue weighted by atomic mass is 19.1. The number of amidine groups is 1. The van der Waals surface area contributed by atoms with Crippen molar-refractivity contribution < 1.29 is 9.60 Å². The number of hydrogen-bond donors (Lipinski definition) is 2. The molecule has 5 nitrogen and oxygen atoms in total. The quantitative estimate of drug-likeness (QED) is 0.328. The SMILES string of the molecule is CN(C/C(N)=N/O)Cc1cncc(F)c1. The zero-order valence-electron chi connectivity index (χ0n) is 8.39. The summed E-state index contributed by atoms with van der Waals surface area (Å²) in [5.41, 5.74) is 6.07. The molecule has 0 spiro atoms. The van der Waals surface area contributed by atoms with E-state index in [1.165, 1.54) is 6.07 Å². The first-order valence-corrected chi connectivity index (χ1v) is 4.36. The van der Waals surface area contributed by atoms with Gasteiger partial charge in [0.05, 0.1) is 12.7 Å². The van der Waals surface area contributed by atoms with Gasteiger partial charge in [-0.15, -0.1) is 0 Å². The van der Waals surface area contributed by atoms with E-state index in [-0.39, 0.29) is 11.7 Å². The molecule has 15 heavy (non-hydrogen) atoms. The van der Waals surface area contributed by atoms with E-state index in [4.69, 9.17) is 10.9 Å². The molecule has 1 aromatic heterocycles. The minimum atomic E-state index is -0.371. The highest BCUT2D eigenvalue weighted by Gasteiger charge is 2.03. The number of aromatic nitrogens is 1. The van der Waals surface area contributed by atoms with Crippen molar-refractivity contribution in [2.45, 2.75) is 6.54 Å². The van der Waals surface area contributed by atoms with E-state index in [9.17, 15) is 4.39 Å². The van der Waals surface area contributed by atoms with Crippen molar-refractivity contribution in [3.05, 3.63) is 29.8 Å². The molecule has 0 unspecified atom stereocenters. The highest BCUT2D eigenvalue weighted by molar-refractivity contribution is 5.81. The lowest BCUT2D eigenvalue weighted by Gasteiger charge is -2.15. The minimum Gasteiger partial charge on any atom is -0.409 e. The van der Waals surface area contributed by atoms with Crippen molar-refractivity contribution in [1.82, 2.24) is 9.88 Å². The maximum absolute atomic E-state index is 12.8. The fourth-order valence-corrected chi connectivity index (χ4v) is 1.22. The van der Waals surface area contributed by atoms with Crippen molar-refractivity contribution in [3.63, 3.8) is 0 Å². The molecule has 0 amide bonds. The molecular weight excluding hydrogens is 199 g/mol. The smallest absolute Gasteiger partial charge is 0.153 e. The third-order valence-corrected chi connectivity index (χ3v) is 1.77. The molecule has 0 fully saturated rings. The molecule has 0 atom stereocenters. The van der Waals surface area contributed by atoms with Crippen LogP contribution in [0.15, 0.2) is 23.6 Å². The van der Waals surface area contributed by atoms with Crippen LogP contribution in [0.5, 0.6) is 0 Å². The zero-order valence-corrected chi connectivity index (χ0v) is 8.39. The van der Waals surface area contributed by atoms with Gasteiger partial charge < -0.3 is 10.9 Å². The molecule has 0 radical (unpaired) electrons. The summed E-state index contributed by atoms with van der Waals surface area (Å²) in [6, 6.07) is 1.40. The Hall–Kier alpha value is -1.69. The van der Waals surface area contributed by atoms with E-state index >= 15 is 0 Å². The number of likely N-dealkylation sites (N-methyl/N-ethyl adjacent to an activating group) is 1. The number of rotatable bonds is 4. The van der Waals surface area contributed by atoms with Gasteiger partial charge in [-0.05, 0) is 18.7 Å². The molecule has 82 valence electrons. The summed E-state index contributed by atoms with van der Waals surface area (Å²) in [4.78, 5) is 5.51. The summed E-state index contributed by atoms with van der Waals surface area (Å²) < 4.78 is 12.8. The first-order valence-electron chi connectivity index (χ1n) is 4.36. The summed E-state index contributed by atoms with van der Waals surface area (Å²) >= 11 is 0. The molecule has 0 aliphatic rings. The predicted octanol–water partition coefficient (Wildman–Crippen LogP) is 0.399. The maximum atomic E-state index is 12.8. The Kier molecular flexibility index (Phi) is 3.99. The molecule has 1 heterocycles. The normalized spacial score (nSPS) is 12.1. The number of pyridine rings is 1. The van der Waals surface area contributed by atoms with Crippen LogP contribution in [-0.2, 0) is 6.54 Å². The Morgan fingerprint density at radius 1 is 1.67 bits per heavy atom. The second kappa shape index (κ2) is 5.26. The van der Waals surface area contributed by atoms with Gasteiger partial charge in [-0.3, -0.25) is 9.88 Å². The molecule has 0 aliphatic carbocycles. The van der Waals surface area contributed by atoms with Gasteiger partial charge in [-0.25, -0.2) is 4.39 Å². The van der Waals surface area contributed by atoms with E-state index in [1.807, 2.05) is 0 Å². The maximum Gasteiger partial charge on any atom is 0.153 e. The summed E-state index contributed by atoms with van der Waals surface area (Å²) in [6.07, 6.45) is 2.72. The first kappa shape index (κ1) is 11.4. The monoisotopic (exact) mass is 212 g/mol. The lowest BCUT2D eigenvalue weighted by molar-refractivity contribution is 0.308. The van der Waals surface area contributed by atoms with Crippen LogP contribution in [0.3, 0.4) is 0 Å². The van der Waals surface area contributed by atoms with Crippen molar-refractivity contribution in [2.24, 2.45) is 10.9 Å². The van der Waals surface area contributed by atoms with Crippen LogP contribution in [0.25, 0.3) is 0 Å². The third kappa shape index (κ3) is 3.90. The van der Waals surface area contributed by atoms with Crippen LogP contribution in [0.2, 0.25) is 0 Å². The average molecular weight is 212 g/mol. The molecule has 1 rings (SSSR count). The molecule has 0 saturated carbocycles. The second-order valence-corrected chi connectivity index (χ2v) is 3.28. The van der Waals surface area contributed by atoms with Crippen LogP contribution >= 0.6 is 0 Å². The lowest BCUT2D eigenvalue weighted by Crippen LogP contribution is -2.30. The minimum absolute atomic E-state index is 0.113. The summed E-state index contributed by atoms with van der Waals surface area (Å²) in [5, 5.41) is 11.2. The topological polar surface area (TPSA) is 74.7 Å².